The number of nitrogens with zero attached hydrogens (tertiary/aromatic N) is 1. The first-order valence-electron chi connectivity index (χ1n) is 7.06. The summed E-state index contributed by atoms with van der Waals surface area (Å²) in [5.74, 6) is -0.433. The van der Waals surface area contributed by atoms with Gasteiger partial charge in [-0.15, -0.1) is 0 Å². The molecule has 0 saturated carbocycles. The molecule has 0 aliphatic carbocycles. The second-order valence-electron chi connectivity index (χ2n) is 5.11. The van der Waals surface area contributed by atoms with Crippen molar-refractivity contribution < 1.29 is 14.3 Å². The van der Waals surface area contributed by atoms with Gasteiger partial charge in [0.05, 0.1) is 12.6 Å². The molecule has 4 heteroatoms. The molecule has 0 bridgehead atoms. The highest BCUT2D eigenvalue weighted by Crippen LogP contribution is 2.17. The monoisotopic (exact) mass is 277 g/mol. The lowest BCUT2D eigenvalue weighted by Gasteiger charge is -2.27. The van der Waals surface area contributed by atoms with Crippen molar-refractivity contribution in [2.24, 2.45) is 0 Å². The van der Waals surface area contributed by atoms with Gasteiger partial charge in [0.25, 0.3) is 0 Å². The second kappa shape index (κ2) is 7.20. The van der Waals surface area contributed by atoms with Crippen LogP contribution in [-0.4, -0.2) is 35.1 Å². The van der Waals surface area contributed by atoms with Gasteiger partial charge in [-0.2, -0.15) is 0 Å². The lowest BCUT2D eigenvalue weighted by Crippen LogP contribution is -2.41. The highest BCUT2D eigenvalue weighted by atomic mass is 19.1. The van der Waals surface area contributed by atoms with E-state index in [1.807, 2.05) is 0 Å². The number of carbonyl (C=O) groups is 1. The fraction of sp³-hybridized carbons (Fsp3) is 0.438. The van der Waals surface area contributed by atoms with Crippen LogP contribution in [-0.2, 0) is 4.79 Å². The van der Waals surface area contributed by atoms with E-state index in [4.69, 9.17) is 0 Å². The van der Waals surface area contributed by atoms with E-state index in [-0.39, 0.29) is 24.4 Å². The third kappa shape index (κ3) is 3.90. The van der Waals surface area contributed by atoms with Crippen molar-refractivity contribution in [1.82, 2.24) is 4.90 Å². The number of benzene rings is 1. The van der Waals surface area contributed by atoms with E-state index < -0.39 is 0 Å². The number of halogens is 1. The molecule has 108 valence electrons. The summed E-state index contributed by atoms with van der Waals surface area (Å²) in [7, 11) is 0. The number of aliphatic hydroxyl groups excluding tert-OH is 1. The number of hydrogen-bond donors (Lipinski definition) is 1. The zero-order valence-electron chi connectivity index (χ0n) is 11.5. The normalized spacial score (nSPS) is 20.1. The number of likely N-dealkylation sites (tertiary alicyclic amines) is 1. The Morgan fingerprint density at radius 1 is 1.40 bits per heavy atom. The SMILES string of the molecule is O=C(/C=C/c1cccc(F)c1)N1CCCCCC1CO. The van der Waals surface area contributed by atoms with Crippen molar-refractivity contribution in [2.45, 2.75) is 31.7 Å². The van der Waals surface area contributed by atoms with E-state index in [9.17, 15) is 14.3 Å². The minimum atomic E-state index is -0.317. The minimum Gasteiger partial charge on any atom is -0.394 e. The van der Waals surface area contributed by atoms with Gasteiger partial charge < -0.3 is 10.0 Å². The van der Waals surface area contributed by atoms with Gasteiger partial charge in [-0.25, -0.2) is 4.39 Å². The standard InChI is InChI=1S/C16H20FNO2/c17-14-6-4-5-13(11-14)8-9-16(20)18-10-3-1-2-7-15(18)12-19/h4-6,8-9,11,15,19H,1-3,7,10,12H2/b9-8+. The molecule has 1 saturated heterocycles. The number of amides is 1. The Bertz CT molecular complexity index is 487. The van der Waals surface area contributed by atoms with E-state index in [1.165, 1.54) is 18.2 Å². The highest BCUT2D eigenvalue weighted by Gasteiger charge is 2.23. The molecule has 1 fully saturated rings. The van der Waals surface area contributed by atoms with Crippen LogP contribution in [0.2, 0.25) is 0 Å². The lowest BCUT2D eigenvalue weighted by molar-refractivity contribution is -0.129. The van der Waals surface area contributed by atoms with Crippen LogP contribution in [0.25, 0.3) is 6.08 Å². The fourth-order valence-corrected chi connectivity index (χ4v) is 2.53. The molecule has 0 aromatic heterocycles. The molecule has 2 rings (SSSR count). The van der Waals surface area contributed by atoms with E-state index >= 15 is 0 Å². The van der Waals surface area contributed by atoms with Crippen LogP contribution in [0.15, 0.2) is 30.3 Å². The van der Waals surface area contributed by atoms with Crippen molar-refractivity contribution >= 4 is 12.0 Å². The predicted octanol–water partition coefficient (Wildman–Crippen LogP) is 2.60. The van der Waals surface area contributed by atoms with Crippen molar-refractivity contribution in [2.75, 3.05) is 13.2 Å². The van der Waals surface area contributed by atoms with Crippen LogP contribution in [0, 0.1) is 5.82 Å². The summed E-state index contributed by atoms with van der Waals surface area (Å²) < 4.78 is 13.1. The van der Waals surface area contributed by atoms with Gasteiger partial charge in [0, 0.05) is 12.6 Å². The van der Waals surface area contributed by atoms with Gasteiger partial charge in [-0.1, -0.05) is 25.0 Å². The van der Waals surface area contributed by atoms with Crippen LogP contribution < -0.4 is 0 Å². The molecular weight excluding hydrogens is 257 g/mol. The van der Waals surface area contributed by atoms with Crippen LogP contribution >= 0.6 is 0 Å². The van der Waals surface area contributed by atoms with Crippen LogP contribution in [0.5, 0.6) is 0 Å². The smallest absolute Gasteiger partial charge is 0.246 e. The average Bonchev–Trinajstić information content (AvgIpc) is 2.70. The van der Waals surface area contributed by atoms with Gasteiger partial charge in [0.1, 0.15) is 5.82 Å². The highest BCUT2D eigenvalue weighted by molar-refractivity contribution is 5.92. The van der Waals surface area contributed by atoms with Crippen molar-refractivity contribution in [1.29, 1.82) is 0 Å². The summed E-state index contributed by atoms with van der Waals surface area (Å²) in [5.41, 5.74) is 0.661. The van der Waals surface area contributed by atoms with Gasteiger partial charge >= 0.3 is 0 Å². The molecule has 3 nitrogen and oxygen atoms in total. The average molecular weight is 277 g/mol. The van der Waals surface area contributed by atoms with E-state index in [0.29, 0.717) is 12.1 Å². The Morgan fingerprint density at radius 3 is 3.00 bits per heavy atom. The molecule has 1 aromatic carbocycles. The van der Waals surface area contributed by atoms with Crippen molar-refractivity contribution in [3.8, 4) is 0 Å². The molecule has 1 aromatic rings. The first kappa shape index (κ1) is 14.7. The summed E-state index contributed by atoms with van der Waals surface area (Å²) in [4.78, 5) is 13.9. The molecule has 0 radical (unpaired) electrons. The largest absolute Gasteiger partial charge is 0.394 e. The molecule has 20 heavy (non-hydrogen) atoms. The maximum absolute atomic E-state index is 13.1. The molecule has 1 N–H and O–H groups in total. The van der Waals surface area contributed by atoms with Crippen molar-refractivity contribution in [3.05, 3.63) is 41.7 Å². The zero-order chi connectivity index (χ0) is 14.4. The summed E-state index contributed by atoms with van der Waals surface area (Å²) in [6.45, 7) is 0.678. The molecule has 1 atom stereocenters. The first-order chi connectivity index (χ1) is 9.70. The minimum absolute atomic E-state index is 0.000451. The van der Waals surface area contributed by atoms with Gasteiger partial charge in [0.2, 0.25) is 5.91 Å². The summed E-state index contributed by atoms with van der Waals surface area (Å²) in [6.07, 6.45) is 7.02. The van der Waals surface area contributed by atoms with Gasteiger partial charge in [-0.05, 0) is 36.6 Å². The molecule has 1 heterocycles. The topological polar surface area (TPSA) is 40.5 Å². The summed E-state index contributed by atoms with van der Waals surface area (Å²) in [5, 5.41) is 9.39. The number of rotatable bonds is 3. The fourth-order valence-electron chi connectivity index (χ4n) is 2.53. The predicted molar refractivity (Wildman–Crippen MR) is 76.5 cm³/mol. The lowest BCUT2D eigenvalue weighted by atomic mass is 10.1. The Labute approximate surface area is 118 Å². The number of carbonyl (C=O) groups excluding carboxylic acids is 1. The molecule has 1 aliphatic heterocycles. The number of aliphatic hydroxyl groups is 1. The maximum Gasteiger partial charge on any atom is 0.246 e. The van der Waals surface area contributed by atoms with Crippen LogP contribution in [0.4, 0.5) is 4.39 Å². The summed E-state index contributed by atoms with van der Waals surface area (Å²) in [6, 6.07) is 6.02. The summed E-state index contributed by atoms with van der Waals surface area (Å²) >= 11 is 0. The van der Waals surface area contributed by atoms with Crippen LogP contribution in [0.1, 0.15) is 31.2 Å². The van der Waals surface area contributed by atoms with Gasteiger partial charge in [-0.3, -0.25) is 4.79 Å². The molecular formula is C16H20FNO2. The van der Waals surface area contributed by atoms with Crippen molar-refractivity contribution in [3.63, 3.8) is 0 Å². The second-order valence-corrected chi connectivity index (χ2v) is 5.11. The molecule has 0 spiro atoms. The third-order valence-electron chi connectivity index (χ3n) is 3.64. The Kier molecular flexibility index (Phi) is 5.30. The van der Waals surface area contributed by atoms with E-state index in [0.717, 1.165) is 25.7 Å². The molecule has 1 aliphatic rings. The molecule has 1 amide bonds. The first-order valence-corrected chi connectivity index (χ1v) is 7.06. The maximum atomic E-state index is 13.1. The Morgan fingerprint density at radius 2 is 2.25 bits per heavy atom. The van der Waals surface area contributed by atoms with E-state index in [2.05, 4.69) is 0 Å². The quantitative estimate of drug-likeness (QED) is 0.863. The van der Waals surface area contributed by atoms with Gasteiger partial charge in [0.15, 0.2) is 0 Å². The third-order valence-corrected chi connectivity index (χ3v) is 3.64. The van der Waals surface area contributed by atoms with E-state index in [1.54, 1.807) is 23.1 Å². The Balaban J connectivity index is 2.05. The zero-order valence-corrected chi connectivity index (χ0v) is 11.5. The Hall–Kier alpha value is -1.68. The number of hydrogen-bond acceptors (Lipinski definition) is 2. The molecule has 1 unspecified atom stereocenters. The van der Waals surface area contributed by atoms with Crippen LogP contribution in [0.3, 0.4) is 0 Å².